The minimum absolute atomic E-state index is 0.124. The van der Waals surface area contributed by atoms with E-state index in [1.54, 1.807) is 7.11 Å². The van der Waals surface area contributed by atoms with Crippen LogP contribution in [0.15, 0.2) is 48.5 Å². The molecule has 110 valence electrons. The van der Waals surface area contributed by atoms with E-state index < -0.39 is 0 Å². The van der Waals surface area contributed by atoms with Gasteiger partial charge in [0, 0.05) is 17.1 Å². The number of rotatable bonds is 4. The Balaban J connectivity index is 1.77. The minimum atomic E-state index is 0.124. The number of ether oxygens (including phenoxy) is 1. The van der Waals surface area contributed by atoms with Gasteiger partial charge in [-0.25, -0.2) is 0 Å². The van der Waals surface area contributed by atoms with E-state index in [4.69, 9.17) is 4.74 Å². The molecule has 2 aromatic carbocycles. The Hall–Kier alpha value is -1.96. The van der Waals surface area contributed by atoms with Crippen molar-refractivity contribution in [3.8, 4) is 5.75 Å². The van der Waals surface area contributed by atoms with Crippen molar-refractivity contribution in [1.82, 2.24) is 0 Å². The van der Waals surface area contributed by atoms with E-state index in [0.29, 0.717) is 6.04 Å². The Morgan fingerprint density at radius 3 is 2.57 bits per heavy atom. The predicted octanol–water partition coefficient (Wildman–Crippen LogP) is 4.40. The van der Waals surface area contributed by atoms with Gasteiger partial charge in [0.15, 0.2) is 0 Å². The van der Waals surface area contributed by atoms with Gasteiger partial charge in [0.1, 0.15) is 5.75 Å². The van der Waals surface area contributed by atoms with Gasteiger partial charge in [-0.05, 0) is 42.2 Å². The summed E-state index contributed by atoms with van der Waals surface area (Å²) in [6.07, 6.45) is 2.24. The fourth-order valence-electron chi connectivity index (χ4n) is 3.25. The second-order valence-corrected chi connectivity index (χ2v) is 6.35. The lowest BCUT2D eigenvalue weighted by Gasteiger charge is -2.28. The quantitative estimate of drug-likeness (QED) is 0.897. The van der Waals surface area contributed by atoms with E-state index in [1.807, 2.05) is 6.07 Å². The Kier molecular flexibility index (Phi) is 3.62. The zero-order valence-corrected chi connectivity index (χ0v) is 13.0. The average Bonchev–Trinajstić information content (AvgIpc) is 2.76. The number of aryl methyl sites for hydroxylation is 1. The third kappa shape index (κ3) is 2.63. The summed E-state index contributed by atoms with van der Waals surface area (Å²) < 4.78 is 5.37. The van der Waals surface area contributed by atoms with Gasteiger partial charge in [0.05, 0.1) is 7.11 Å². The molecule has 2 aromatic rings. The largest absolute Gasteiger partial charge is 0.497 e. The van der Waals surface area contributed by atoms with Gasteiger partial charge in [-0.3, -0.25) is 0 Å². The molecule has 1 atom stereocenters. The molecule has 21 heavy (non-hydrogen) atoms. The van der Waals surface area contributed by atoms with E-state index in [-0.39, 0.29) is 5.41 Å². The summed E-state index contributed by atoms with van der Waals surface area (Å²) >= 11 is 0. The second-order valence-electron chi connectivity index (χ2n) is 6.35. The maximum absolute atomic E-state index is 5.37. The molecule has 0 bridgehead atoms. The zero-order valence-electron chi connectivity index (χ0n) is 13.0. The number of methoxy groups -OCH3 is 1. The van der Waals surface area contributed by atoms with Gasteiger partial charge in [-0.1, -0.05) is 44.2 Å². The monoisotopic (exact) mass is 281 g/mol. The van der Waals surface area contributed by atoms with Crippen LogP contribution in [-0.4, -0.2) is 13.2 Å². The van der Waals surface area contributed by atoms with Crippen molar-refractivity contribution in [3.63, 3.8) is 0 Å². The molecule has 1 unspecified atom stereocenters. The summed E-state index contributed by atoms with van der Waals surface area (Å²) in [4.78, 5) is 0. The fourth-order valence-corrected chi connectivity index (χ4v) is 3.25. The van der Waals surface area contributed by atoms with E-state index >= 15 is 0 Å². The van der Waals surface area contributed by atoms with Crippen LogP contribution in [0.25, 0.3) is 0 Å². The Bertz CT molecular complexity index is 619. The van der Waals surface area contributed by atoms with Gasteiger partial charge in [-0.2, -0.15) is 0 Å². The van der Waals surface area contributed by atoms with E-state index in [0.717, 1.165) is 18.6 Å². The molecule has 2 nitrogen and oxygen atoms in total. The van der Waals surface area contributed by atoms with Crippen LogP contribution in [0.4, 0.5) is 5.69 Å². The molecule has 1 aliphatic rings. The molecular formula is C19H23NO. The van der Waals surface area contributed by atoms with Crippen molar-refractivity contribution in [2.24, 2.45) is 0 Å². The number of nitrogens with one attached hydrogen (secondary N) is 1. The molecule has 0 spiro atoms. The lowest BCUT2D eigenvalue weighted by Crippen LogP contribution is -2.33. The van der Waals surface area contributed by atoms with Crippen molar-refractivity contribution in [3.05, 3.63) is 59.7 Å². The lowest BCUT2D eigenvalue weighted by molar-refractivity contribution is 0.408. The van der Waals surface area contributed by atoms with E-state index in [1.165, 1.54) is 16.8 Å². The molecular weight excluding hydrogens is 258 g/mol. The standard InChI is InChI=1S/C19H23NO/c1-19(2)16-13-15(21-3)10-11-17(16)20-18(19)12-9-14-7-5-4-6-8-14/h4-8,10-11,13,18,20H,9,12H2,1-3H3. The highest BCUT2D eigenvalue weighted by atomic mass is 16.5. The summed E-state index contributed by atoms with van der Waals surface area (Å²) in [6.45, 7) is 4.64. The first-order chi connectivity index (χ1) is 10.1. The molecule has 3 rings (SSSR count). The highest BCUT2D eigenvalue weighted by Gasteiger charge is 2.38. The summed E-state index contributed by atoms with van der Waals surface area (Å²) in [6, 6.07) is 17.5. The third-order valence-corrected chi connectivity index (χ3v) is 4.69. The number of hydrogen-bond donors (Lipinski definition) is 1. The first kappa shape index (κ1) is 14.0. The number of fused-ring (bicyclic) bond motifs is 1. The topological polar surface area (TPSA) is 21.3 Å². The predicted molar refractivity (Wildman–Crippen MR) is 88.2 cm³/mol. The van der Waals surface area contributed by atoms with Crippen LogP contribution in [0.3, 0.4) is 0 Å². The Labute approximate surface area is 127 Å². The zero-order chi connectivity index (χ0) is 14.9. The average molecular weight is 281 g/mol. The minimum Gasteiger partial charge on any atom is -0.497 e. The van der Waals surface area contributed by atoms with Crippen molar-refractivity contribution in [1.29, 1.82) is 0 Å². The van der Waals surface area contributed by atoms with Crippen LogP contribution < -0.4 is 10.1 Å². The van der Waals surface area contributed by atoms with Gasteiger partial charge in [0.25, 0.3) is 0 Å². The fraction of sp³-hybridized carbons (Fsp3) is 0.368. The summed E-state index contributed by atoms with van der Waals surface area (Å²) in [5.74, 6) is 0.937. The highest BCUT2D eigenvalue weighted by molar-refractivity contribution is 5.63. The van der Waals surface area contributed by atoms with Crippen LogP contribution in [-0.2, 0) is 11.8 Å². The number of hydrogen-bond acceptors (Lipinski definition) is 2. The van der Waals surface area contributed by atoms with Crippen LogP contribution >= 0.6 is 0 Å². The Morgan fingerprint density at radius 2 is 1.86 bits per heavy atom. The second kappa shape index (κ2) is 5.44. The van der Waals surface area contributed by atoms with Crippen molar-refractivity contribution < 1.29 is 4.74 Å². The van der Waals surface area contributed by atoms with Gasteiger partial charge in [0.2, 0.25) is 0 Å². The van der Waals surface area contributed by atoms with E-state index in [2.05, 4.69) is 61.6 Å². The van der Waals surface area contributed by atoms with Gasteiger partial charge >= 0.3 is 0 Å². The molecule has 0 saturated heterocycles. The van der Waals surface area contributed by atoms with E-state index in [9.17, 15) is 0 Å². The molecule has 1 aliphatic heterocycles. The summed E-state index contributed by atoms with van der Waals surface area (Å²) in [5.41, 5.74) is 4.14. The molecule has 1 N–H and O–H groups in total. The van der Waals surface area contributed by atoms with Crippen LogP contribution in [0.2, 0.25) is 0 Å². The molecule has 1 heterocycles. The maximum atomic E-state index is 5.37. The smallest absolute Gasteiger partial charge is 0.119 e. The normalized spacial score (nSPS) is 18.9. The molecule has 0 saturated carbocycles. The van der Waals surface area contributed by atoms with Crippen LogP contribution in [0, 0.1) is 0 Å². The van der Waals surface area contributed by atoms with Crippen LogP contribution in [0.5, 0.6) is 5.75 Å². The third-order valence-electron chi connectivity index (χ3n) is 4.69. The summed E-state index contributed by atoms with van der Waals surface area (Å²) in [7, 11) is 1.73. The number of benzene rings is 2. The SMILES string of the molecule is COc1ccc2c(c1)C(C)(C)C(CCc1ccccc1)N2. The lowest BCUT2D eigenvalue weighted by atomic mass is 9.78. The van der Waals surface area contributed by atoms with Gasteiger partial charge < -0.3 is 10.1 Å². The van der Waals surface area contributed by atoms with Crippen molar-refractivity contribution in [2.45, 2.75) is 38.1 Å². The molecule has 0 fully saturated rings. The summed E-state index contributed by atoms with van der Waals surface area (Å²) in [5, 5.41) is 3.69. The molecule has 0 aromatic heterocycles. The number of anilines is 1. The Morgan fingerprint density at radius 1 is 1.10 bits per heavy atom. The molecule has 0 radical (unpaired) electrons. The first-order valence-electron chi connectivity index (χ1n) is 7.60. The molecule has 0 aliphatic carbocycles. The van der Waals surface area contributed by atoms with Crippen LogP contribution in [0.1, 0.15) is 31.4 Å². The first-order valence-corrected chi connectivity index (χ1v) is 7.60. The van der Waals surface area contributed by atoms with Crippen molar-refractivity contribution >= 4 is 5.69 Å². The maximum Gasteiger partial charge on any atom is 0.119 e. The molecule has 0 amide bonds. The highest BCUT2D eigenvalue weighted by Crippen LogP contribution is 2.43. The van der Waals surface area contributed by atoms with Gasteiger partial charge in [-0.15, -0.1) is 0 Å². The molecule has 2 heteroatoms. The van der Waals surface area contributed by atoms with Crippen molar-refractivity contribution in [2.75, 3.05) is 12.4 Å².